The number of hydrogen-bond acceptors (Lipinski definition) is 4. The van der Waals surface area contributed by atoms with E-state index in [1.54, 1.807) is 24.3 Å². The first-order valence-corrected chi connectivity index (χ1v) is 7.24. The lowest BCUT2D eigenvalue weighted by Crippen LogP contribution is -2.60. The van der Waals surface area contributed by atoms with Crippen LogP contribution in [0.25, 0.3) is 0 Å². The fourth-order valence-electron chi connectivity index (χ4n) is 2.12. The van der Waals surface area contributed by atoms with Gasteiger partial charge in [-0.05, 0) is 13.0 Å². The van der Waals surface area contributed by atoms with Crippen molar-refractivity contribution < 1.29 is 17.8 Å². The van der Waals surface area contributed by atoms with Crippen LogP contribution in [-0.4, -0.2) is 36.2 Å². The molecule has 0 aromatic rings. The van der Waals surface area contributed by atoms with E-state index >= 15 is 0 Å². The molecule has 0 aromatic carbocycles. The maximum absolute atomic E-state index is 11.5. The zero-order valence-electron chi connectivity index (χ0n) is 10.6. The molecule has 0 saturated carbocycles. The Kier molecular flexibility index (Phi) is 4.67. The molecule has 0 fully saturated rings. The van der Waals surface area contributed by atoms with Crippen molar-refractivity contribution in [3.63, 3.8) is 0 Å². The Hall–Kier alpha value is -1.44. The van der Waals surface area contributed by atoms with Crippen LogP contribution in [-0.2, 0) is 14.9 Å². The van der Waals surface area contributed by atoms with E-state index in [9.17, 15) is 17.8 Å². The first kappa shape index (κ1) is 15.6. The molecule has 0 radical (unpaired) electrons. The number of carbonyl (C=O) groups is 1. The zero-order chi connectivity index (χ0) is 14.7. The third kappa shape index (κ3) is 3.31. The summed E-state index contributed by atoms with van der Waals surface area (Å²) in [5, 5.41) is 1.54. The molecule has 0 aromatic heterocycles. The van der Waals surface area contributed by atoms with Crippen molar-refractivity contribution in [3.8, 4) is 0 Å². The standard InChI is InChI=1S/C12H18N2O4S/c1-3-11(15)14-12(8-13)7-5-4-6-10(12)9(2)19(16,17)18/h3-7,9-10H,1,8,13H2,2H3,(H,14,15)(H,16,17,18). The van der Waals surface area contributed by atoms with E-state index in [4.69, 9.17) is 5.73 Å². The van der Waals surface area contributed by atoms with Crippen LogP contribution in [0.4, 0.5) is 0 Å². The van der Waals surface area contributed by atoms with Crippen LogP contribution in [0.2, 0.25) is 0 Å². The van der Waals surface area contributed by atoms with E-state index in [1.807, 2.05) is 0 Å². The summed E-state index contributed by atoms with van der Waals surface area (Å²) in [6.07, 6.45) is 7.64. The molecule has 1 rings (SSSR count). The van der Waals surface area contributed by atoms with Gasteiger partial charge in [0.1, 0.15) is 0 Å². The van der Waals surface area contributed by atoms with Crippen LogP contribution in [0.5, 0.6) is 0 Å². The molecule has 106 valence electrons. The minimum absolute atomic E-state index is 0.00204. The van der Waals surface area contributed by atoms with E-state index in [-0.39, 0.29) is 6.54 Å². The van der Waals surface area contributed by atoms with Crippen molar-refractivity contribution >= 4 is 16.0 Å². The highest BCUT2D eigenvalue weighted by Crippen LogP contribution is 2.30. The number of nitrogens with two attached hydrogens (primary N) is 1. The number of nitrogens with one attached hydrogen (secondary N) is 1. The van der Waals surface area contributed by atoms with Gasteiger partial charge < -0.3 is 11.1 Å². The van der Waals surface area contributed by atoms with Crippen molar-refractivity contribution in [1.29, 1.82) is 0 Å². The van der Waals surface area contributed by atoms with Gasteiger partial charge >= 0.3 is 0 Å². The van der Waals surface area contributed by atoms with E-state index in [0.29, 0.717) is 0 Å². The van der Waals surface area contributed by atoms with Gasteiger partial charge in [0.2, 0.25) is 5.91 Å². The van der Waals surface area contributed by atoms with Crippen LogP contribution in [0.1, 0.15) is 6.92 Å². The molecule has 0 heterocycles. The highest BCUT2D eigenvalue weighted by atomic mass is 32.2. The van der Waals surface area contributed by atoms with E-state index in [0.717, 1.165) is 6.08 Å². The fraction of sp³-hybridized carbons (Fsp3) is 0.417. The lowest BCUT2D eigenvalue weighted by Gasteiger charge is -2.40. The van der Waals surface area contributed by atoms with Gasteiger partial charge in [-0.15, -0.1) is 0 Å². The third-order valence-electron chi connectivity index (χ3n) is 3.27. The molecule has 7 heteroatoms. The Morgan fingerprint density at radius 2 is 2.26 bits per heavy atom. The van der Waals surface area contributed by atoms with Crippen molar-refractivity contribution in [2.45, 2.75) is 17.7 Å². The van der Waals surface area contributed by atoms with Gasteiger partial charge in [-0.25, -0.2) is 0 Å². The second-order valence-electron chi connectivity index (χ2n) is 4.43. The fourth-order valence-corrected chi connectivity index (χ4v) is 2.82. The predicted molar refractivity (Wildman–Crippen MR) is 72.9 cm³/mol. The Morgan fingerprint density at radius 1 is 1.63 bits per heavy atom. The average molecular weight is 286 g/mol. The van der Waals surface area contributed by atoms with Crippen LogP contribution >= 0.6 is 0 Å². The van der Waals surface area contributed by atoms with E-state index < -0.39 is 32.7 Å². The molecule has 1 aliphatic rings. The normalized spacial score (nSPS) is 27.8. The molecule has 3 atom stereocenters. The molecule has 6 nitrogen and oxygen atoms in total. The topological polar surface area (TPSA) is 109 Å². The Bertz CT molecular complexity index is 524. The number of amides is 1. The lowest BCUT2D eigenvalue weighted by atomic mass is 9.78. The van der Waals surface area contributed by atoms with E-state index in [2.05, 4.69) is 11.9 Å². The van der Waals surface area contributed by atoms with Gasteiger partial charge in [0, 0.05) is 12.5 Å². The molecule has 1 aliphatic carbocycles. The Morgan fingerprint density at radius 3 is 2.74 bits per heavy atom. The van der Waals surface area contributed by atoms with Crippen LogP contribution in [0.15, 0.2) is 37.0 Å². The van der Waals surface area contributed by atoms with Crippen molar-refractivity contribution in [3.05, 3.63) is 37.0 Å². The third-order valence-corrected chi connectivity index (χ3v) is 4.51. The van der Waals surface area contributed by atoms with Gasteiger partial charge in [0.05, 0.1) is 10.8 Å². The van der Waals surface area contributed by atoms with Crippen LogP contribution in [0.3, 0.4) is 0 Å². The average Bonchev–Trinajstić information content (AvgIpc) is 2.37. The maximum Gasteiger partial charge on any atom is 0.268 e. The summed E-state index contributed by atoms with van der Waals surface area (Å²) in [7, 11) is -4.24. The smallest absolute Gasteiger partial charge is 0.268 e. The van der Waals surface area contributed by atoms with E-state index in [1.165, 1.54) is 6.92 Å². The van der Waals surface area contributed by atoms with Crippen molar-refractivity contribution in [1.82, 2.24) is 5.32 Å². The summed E-state index contributed by atoms with van der Waals surface area (Å²) in [5.41, 5.74) is 4.64. The van der Waals surface area contributed by atoms with Gasteiger partial charge in [-0.1, -0.05) is 30.9 Å². The lowest BCUT2D eigenvalue weighted by molar-refractivity contribution is -0.118. The minimum atomic E-state index is -4.24. The van der Waals surface area contributed by atoms with Gasteiger partial charge in [0.25, 0.3) is 10.1 Å². The number of allylic oxidation sites excluding steroid dienone is 2. The molecule has 0 saturated heterocycles. The quantitative estimate of drug-likeness (QED) is 0.487. The summed E-state index contributed by atoms with van der Waals surface area (Å²) in [6.45, 7) is 4.71. The van der Waals surface area contributed by atoms with Gasteiger partial charge in [0.15, 0.2) is 0 Å². The molecule has 1 amide bonds. The van der Waals surface area contributed by atoms with Gasteiger partial charge in [-0.3, -0.25) is 9.35 Å². The second-order valence-corrected chi connectivity index (χ2v) is 6.20. The van der Waals surface area contributed by atoms with Crippen molar-refractivity contribution in [2.24, 2.45) is 11.7 Å². The number of carbonyl (C=O) groups excluding carboxylic acids is 1. The predicted octanol–water partition coefficient (Wildman–Crippen LogP) is 0.00460. The largest absolute Gasteiger partial charge is 0.342 e. The molecular weight excluding hydrogens is 268 g/mol. The molecule has 3 unspecified atom stereocenters. The zero-order valence-corrected chi connectivity index (χ0v) is 11.4. The molecule has 19 heavy (non-hydrogen) atoms. The van der Waals surface area contributed by atoms with Crippen LogP contribution < -0.4 is 11.1 Å². The molecule has 0 spiro atoms. The summed E-state index contributed by atoms with van der Waals surface area (Å²) < 4.78 is 31.8. The molecule has 0 bridgehead atoms. The Labute approximate surface area is 112 Å². The summed E-state index contributed by atoms with van der Waals surface area (Å²) in [6, 6.07) is 0. The summed E-state index contributed by atoms with van der Waals surface area (Å²) in [5.74, 6) is -1.13. The van der Waals surface area contributed by atoms with Crippen molar-refractivity contribution in [2.75, 3.05) is 6.54 Å². The first-order chi connectivity index (χ1) is 8.77. The highest BCUT2D eigenvalue weighted by Gasteiger charge is 2.43. The number of hydrogen-bond donors (Lipinski definition) is 3. The first-order valence-electron chi connectivity index (χ1n) is 5.74. The molecule has 4 N–H and O–H groups in total. The molecule has 0 aliphatic heterocycles. The van der Waals surface area contributed by atoms with Gasteiger partial charge in [-0.2, -0.15) is 8.42 Å². The maximum atomic E-state index is 11.5. The van der Waals surface area contributed by atoms with Crippen LogP contribution in [0, 0.1) is 5.92 Å². The summed E-state index contributed by atoms with van der Waals surface area (Å²) >= 11 is 0. The second kappa shape index (κ2) is 5.68. The molecular formula is C12H18N2O4S. The monoisotopic (exact) mass is 286 g/mol. The minimum Gasteiger partial charge on any atom is -0.342 e. The summed E-state index contributed by atoms with van der Waals surface area (Å²) in [4.78, 5) is 11.5. The SMILES string of the molecule is C=CC(=O)NC1(CN)C=CC=CC1C(C)S(=O)(=O)O. The Balaban J connectivity index is 3.19. The highest BCUT2D eigenvalue weighted by molar-refractivity contribution is 7.86. The number of rotatable bonds is 5.